The van der Waals surface area contributed by atoms with Crippen LogP contribution in [0.4, 0.5) is 5.69 Å². The standard InChI is InChI=1S/C16H13Cl2NO4/c1-9(23-16(22)10-2-4-14(20)5-3-10)15(21)19-13-7-11(17)6-12(18)8-13/h2-9,20H,1H3,(H,19,21)/t9-/m1/s1. The lowest BCUT2D eigenvalue weighted by atomic mass is 10.2. The van der Waals surface area contributed by atoms with Crippen molar-refractivity contribution in [2.75, 3.05) is 5.32 Å². The van der Waals surface area contributed by atoms with Gasteiger partial charge in [-0.3, -0.25) is 4.79 Å². The number of carbonyl (C=O) groups is 2. The maximum absolute atomic E-state index is 12.0. The monoisotopic (exact) mass is 353 g/mol. The third-order valence-corrected chi connectivity index (χ3v) is 3.32. The van der Waals surface area contributed by atoms with Gasteiger partial charge in [0, 0.05) is 15.7 Å². The van der Waals surface area contributed by atoms with E-state index in [1.54, 1.807) is 0 Å². The number of hydrogen-bond donors (Lipinski definition) is 2. The average Bonchev–Trinajstić information content (AvgIpc) is 2.46. The Morgan fingerprint density at radius 1 is 1.09 bits per heavy atom. The Balaban J connectivity index is 1.99. The first-order chi connectivity index (χ1) is 10.8. The highest BCUT2D eigenvalue weighted by Crippen LogP contribution is 2.22. The molecule has 0 aromatic heterocycles. The van der Waals surface area contributed by atoms with E-state index in [1.807, 2.05) is 0 Å². The lowest BCUT2D eigenvalue weighted by molar-refractivity contribution is -0.123. The SMILES string of the molecule is C[C@@H](OC(=O)c1ccc(O)cc1)C(=O)Nc1cc(Cl)cc(Cl)c1. The fourth-order valence-electron chi connectivity index (χ4n) is 1.75. The number of benzene rings is 2. The molecule has 23 heavy (non-hydrogen) atoms. The molecule has 0 radical (unpaired) electrons. The number of rotatable bonds is 4. The largest absolute Gasteiger partial charge is 0.508 e. The molecule has 0 fully saturated rings. The van der Waals surface area contributed by atoms with Gasteiger partial charge in [0.1, 0.15) is 5.75 Å². The number of amides is 1. The van der Waals surface area contributed by atoms with Crippen LogP contribution in [-0.4, -0.2) is 23.1 Å². The topological polar surface area (TPSA) is 75.6 Å². The summed E-state index contributed by atoms with van der Waals surface area (Å²) >= 11 is 11.7. The van der Waals surface area contributed by atoms with Crippen LogP contribution < -0.4 is 5.32 Å². The highest BCUT2D eigenvalue weighted by molar-refractivity contribution is 6.35. The van der Waals surface area contributed by atoms with Crippen LogP contribution >= 0.6 is 23.2 Å². The molecule has 1 atom stereocenters. The second-order valence-corrected chi connectivity index (χ2v) is 5.61. The normalized spacial score (nSPS) is 11.6. The number of carbonyl (C=O) groups excluding carboxylic acids is 2. The molecular formula is C16H13Cl2NO4. The Morgan fingerprint density at radius 3 is 2.22 bits per heavy atom. The smallest absolute Gasteiger partial charge is 0.338 e. The van der Waals surface area contributed by atoms with Crippen molar-refractivity contribution in [1.82, 2.24) is 0 Å². The zero-order valence-electron chi connectivity index (χ0n) is 12.0. The van der Waals surface area contributed by atoms with Crippen molar-refractivity contribution in [3.05, 3.63) is 58.1 Å². The molecule has 7 heteroatoms. The molecule has 2 aromatic carbocycles. The Labute approximate surface area is 142 Å². The van der Waals surface area contributed by atoms with Crippen molar-refractivity contribution in [3.63, 3.8) is 0 Å². The van der Waals surface area contributed by atoms with Crippen molar-refractivity contribution in [1.29, 1.82) is 0 Å². The molecule has 5 nitrogen and oxygen atoms in total. The second kappa shape index (κ2) is 7.35. The zero-order valence-corrected chi connectivity index (χ0v) is 13.6. The van der Waals surface area contributed by atoms with Gasteiger partial charge in [0.25, 0.3) is 5.91 Å². The molecular weight excluding hydrogens is 341 g/mol. The Morgan fingerprint density at radius 2 is 1.65 bits per heavy atom. The molecule has 0 unspecified atom stereocenters. The van der Waals surface area contributed by atoms with E-state index in [0.29, 0.717) is 15.7 Å². The average molecular weight is 354 g/mol. The molecule has 2 aromatic rings. The summed E-state index contributed by atoms with van der Waals surface area (Å²) in [7, 11) is 0. The van der Waals surface area contributed by atoms with Gasteiger partial charge in [0.2, 0.25) is 0 Å². The first kappa shape index (κ1) is 17.1. The summed E-state index contributed by atoms with van der Waals surface area (Å²) in [4.78, 5) is 23.9. The molecule has 0 aliphatic carbocycles. The van der Waals surface area contributed by atoms with Crippen LogP contribution in [0.2, 0.25) is 10.0 Å². The number of esters is 1. The Hall–Kier alpha value is -2.24. The summed E-state index contributed by atoms with van der Waals surface area (Å²) in [5.41, 5.74) is 0.633. The minimum Gasteiger partial charge on any atom is -0.508 e. The zero-order chi connectivity index (χ0) is 17.0. The van der Waals surface area contributed by atoms with E-state index in [1.165, 1.54) is 49.4 Å². The summed E-state index contributed by atoms with van der Waals surface area (Å²) in [6.45, 7) is 1.44. The first-order valence-corrected chi connectivity index (χ1v) is 7.38. The van der Waals surface area contributed by atoms with Crippen molar-refractivity contribution in [2.45, 2.75) is 13.0 Å². The van der Waals surface area contributed by atoms with Gasteiger partial charge in [-0.05, 0) is 49.4 Å². The second-order valence-electron chi connectivity index (χ2n) is 4.74. The summed E-state index contributed by atoms with van der Waals surface area (Å²) in [6.07, 6.45) is -1.02. The number of nitrogens with one attached hydrogen (secondary N) is 1. The molecule has 2 N–H and O–H groups in total. The predicted octanol–water partition coefficient (Wildman–Crippen LogP) is 3.88. The maximum atomic E-state index is 12.0. The highest BCUT2D eigenvalue weighted by Gasteiger charge is 2.19. The predicted molar refractivity (Wildman–Crippen MR) is 88.1 cm³/mol. The van der Waals surface area contributed by atoms with E-state index in [4.69, 9.17) is 27.9 Å². The Bertz CT molecular complexity index is 711. The lowest BCUT2D eigenvalue weighted by Gasteiger charge is -2.14. The van der Waals surface area contributed by atoms with Crippen LogP contribution in [0.5, 0.6) is 5.75 Å². The summed E-state index contributed by atoms with van der Waals surface area (Å²) in [5.74, 6) is -1.16. The first-order valence-electron chi connectivity index (χ1n) is 6.62. The molecule has 0 saturated heterocycles. The van der Waals surface area contributed by atoms with Gasteiger partial charge < -0.3 is 15.2 Å². The number of halogens is 2. The van der Waals surface area contributed by atoms with Crippen LogP contribution in [-0.2, 0) is 9.53 Å². The quantitative estimate of drug-likeness (QED) is 0.817. The van der Waals surface area contributed by atoms with Gasteiger partial charge >= 0.3 is 5.97 Å². The van der Waals surface area contributed by atoms with Gasteiger partial charge in [-0.25, -0.2) is 4.79 Å². The maximum Gasteiger partial charge on any atom is 0.338 e. The highest BCUT2D eigenvalue weighted by atomic mass is 35.5. The molecule has 0 aliphatic heterocycles. The van der Waals surface area contributed by atoms with Crippen molar-refractivity contribution in [3.8, 4) is 5.75 Å². The van der Waals surface area contributed by atoms with Crippen LogP contribution in [0.3, 0.4) is 0 Å². The van der Waals surface area contributed by atoms with Crippen LogP contribution in [0.15, 0.2) is 42.5 Å². The molecule has 0 spiro atoms. The van der Waals surface area contributed by atoms with Gasteiger partial charge in [0.05, 0.1) is 5.56 Å². The molecule has 1 amide bonds. The van der Waals surface area contributed by atoms with E-state index >= 15 is 0 Å². The van der Waals surface area contributed by atoms with Crippen LogP contribution in [0.1, 0.15) is 17.3 Å². The number of hydrogen-bond acceptors (Lipinski definition) is 4. The van der Waals surface area contributed by atoms with Crippen molar-refractivity contribution >= 4 is 40.8 Å². The molecule has 0 heterocycles. The molecule has 0 bridgehead atoms. The molecule has 2 rings (SSSR count). The van der Waals surface area contributed by atoms with Crippen molar-refractivity contribution in [2.24, 2.45) is 0 Å². The number of phenolic OH excluding ortho intramolecular Hbond substituents is 1. The number of ether oxygens (including phenoxy) is 1. The van der Waals surface area contributed by atoms with Gasteiger partial charge in [-0.1, -0.05) is 23.2 Å². The van der Waals surface area contributed by atoms with E-state index < -0.39 is 18.0 Å². The van der Waals surface area contributed by atoms with Gasteiger partial charge in [-0.15, -0.1) is 0 Å². The number of aromatic hydroxyl groups is 1. The van der Waals surface area contributed by atoms with Gasteiger partial charge in [0.15, 0.2) is 6.10 Å². The number of phenols is 1. The van der Waals surface area contributed by atoms with E-state index in [0.717, 1.165) is 0 Å². The number of anilines is 1. The fraction of sp³-hybridized carbons (Fsp3) is 0.125. The van der Waals surface area contributed by atoms with E-state index in [2.05, 4.69) is 5.32 Å². The van der Waals surface area contributed by atoms with Crippen LogP contribution in [0, 0.1) is 0 Å². The third kappa shape index (κ3) is 4.87. The Kier molecular flexibility index (Phi) is 5.47. The summed E-state index contributed by atoms with van der Waals surface area (Å²) in [6, 6.07) is 10.1. The van der Waals surface area contributed by atoms with Crippen LogP contribution in [0.25, 0.3) is 0 Å². The molecule has 0 aliphatic rings. The van der Waals surface area contributed by atoms with E-state index in [9.17, 15) is 14.7 Å². The lowest BCUT2D eigenvalue weighted by Crippen LogP contribution is -2.30. The minimum absolute atomic E-state index is 0.0326. The summed E-state index contributed by atoms with van der Waals surface area (Å²) in [5, 5.41) is 12.5. The molecule has 0 saturated carbocycles. The third-order valence-electron chi connectivity index (χ3n) is 2.89. The summed E-state index contributed by atoms with van der Waals surface area (Å²) < 4.78 is 5.07. The molecule has 120 valence electrons. The minimum atomic E-state index is -1.02. The fourth-order valence-corrected chi connectivity index (χ4v) is 2.28. The van der Waals surface area contributed by atoms with Crippen molar-refractivity contribution < 1.29 is 19.4 Å². The van der Waals surface area contributed by atoms with Gasteiger partial charge in [-0.2, -0.15) is 0 Å². The van der Waals surface area contributed by atoms with E-state index in [-0.39, 0.29) is 11.3 Å².